The maximum atomic E-state index is 6.31. The van der Waals surface area contributed by atoms with E-state index in [9.17, 15) is 0 Å². The van der Waals surface area contributed by atoms with Crippen molar-refractivity contribution in [2.75, 3.05) is 0 Å². The molecule has 0 fully saturated rings. The molecule has 1 aromatic carbocycles. The van der Waals surface area contributed by atoms with Gasteiger partial charge in [0.2, 0.25) is 0 Å². The van der Waals surface area contributed by atoms with Gasteiger partial charge < -0.3 is 10.5 Å². The molecular formula is C17H22BrNOS. The third-order valence-electron chi connectivity index (χ3n) is 3.39. The summed E-state index contributed by atoms with van der Waals surface area (Å²) < 4.78 is 7.39. The maximum Gasteiger partial charge on any atom is 0.148 e. The molecule has 0 amide bonds. The van der Waals surface area contributed by atoms with Gasteiger partial charge in [-0.1, -0.05) is 26.0 Å². The van der Waals surface area contributed by atoms with Crippen molar-refractivity contribution in [3.05, 3.63) is 50.1 Å². The Hall–Kier alpha value is -0.840. The van der Waals surface area contributed by atoms with E-state index in [1.165, 1.54) is 11.1 Å². The van der Waals surface area contributed by atoms with Gasteiger partial charge in [0.1, 0.15) is 11.9 Å². The largest absolute Gasteiger partial charge is 0.483 e. The van der Waals surface area contributed by atoms with Gasteiger partial charge in [-0.05, 0) is 59.0 Å². The number of benzene rings is 1. The van der Waals surface area contributed by atoms with E-state index in [1.807, 2.05) is 6.92 Å². The molecule has 2 rings (SSSR count). The molecule has 2 N–H and O–H groups in total. The van der Waals surface area contributed by atoms with E-state index in [-0.39, 0.29) is 12.1 Å². The summed E-state index contributed by atoms with van der Waals surface area (Å²) in [6.07, 6.45) is -0.124. The van der Waals surface area contributed by atoms with E-state index in [0.29, 0.717) is 5.92 Å². The molecule has 0 saturated carbocycles. The van der Waals surface area contributed by atoms with Gasteiger partial charge in [-0.25, -0.2) is 0 Å². The smallest absolute Gasteiger partial charge is 0.148 e. The maximum absolute atomic E-state index is 6.31. The fourth-order valence-electron chi connectivity index (χ4n) is 2.26. The summed E-state index contributed by atoms with van der Waals surface area (Å²) in [4.78, 5) is 1.15. The van der Waals surface area contributed by atoms with Gasteiger partial charge in [0, 0.05) is 20.8 Å². The molecule has 0 spiro atoms. The van der Waals surface area contributed by atoms with Crippen LogP contribution in [0.3, 0.4) is 0 Å². The quantitative estimate of drug-likeness (QED) is 0.766. The van der Waals surface area contributed by atoms with E-state index >= 15 is 0 Å². The Balaban J connectivity index is 2.35. The van der Waals surface area contributed by atoms with Crippen LogP contribution in [0.2, 0.25) is 0 Å². The molecule has 4 heteroatoms. The van der Waals surface area contributed by atoms with E-state index in [2.05, 4.69) is 66.3 Å². The van der Waals surface area contributed by atoms with E-state index in [0.717, 1.165) is 15.1 Å². The fraction of sp³-hybridized carbons (Fsp3) is 0.412. The van der Waals surface area contributed by atoms with Crippen molar-refractivity contribution >= 4 is 27.3 Å². The summed E-state index contributed by atoms with van der Waals surface area (Å²) in [7, 11) is 0. The molecule has 0 bridgehead atoms. The monoisotopic (exact) mass is 367 g/mol. The average Bonchev–Trinajstić information content (AvgIpc) is 2.81. The first kappa shape index (κ1) is 16.5. The van der Waals surface area contributed by atoms with Gasteiger partial charge in [0.15, 0.2) is 0 Å². The van der Waals surface area contributed by atoms with Crippen molar-refractivity contribution in [3.63, 3.8) is 0 Å². The second kappa shape index (κ2) is 6.95. The highest BCUT2D eigenvalue weighted by Crippen LogP contribution is 2.35. The summed E-state index contributed by atoms with van der Waals surface area (Å²) >= 11 is 5.17. The molecule has 2 atom stereocenters. The van der Waals surface area contributed by atoms with Crippen molar-refractivity contribution in [1.82, 2.24) is 0 Å². The number of thiophene rings is 1. The number of nitrogens with two attached hydrogens (primary N) is 1. The minimum Gasteiger partial charge on any atom is -0.483 e. The van der Waals surface area contributed by atoms with Crippen molar-refractivity contribution in [2.24, 2.45) is 5.73 Å². The summed E-state index contributed by atoms with van der Waals surface area (Å²) in [5, 5.41) is 2.06. The molecule has 0 aliphatic carbocycles. The Bertz CT molecular complexity index is 607. The highest BCUT2D eigenvalue weighted by molar-refractivity contribution is 9.10. The van der Waals surface area contributed by atoms with Crippen LogP contribution in [0.4, 0.5) is 0 Å². The Kier molecular flexibility index (Phi) is 5.47. The highest BCUT2D eigenvalue weighted by Gasteiger charge is 2.22. The van der Waals surface area contributed by atoms with Gasteiger partial charge >= 0.3 is 0 Å². The number of rotatable bonds is 5. The molecule has 2 unspecified atom stereocenters. The van der Waals surface area contributed by atoms with Crippen LogP contribution < -0.4 is 10.5 Å². The third kappa shape index (κ3) is 4.09. The SMILES string of the molecule is Cc1ccc(C(C)C)c(OC(c2cc(Br)cs2)C(C)N)c1. The van der Waals surface area contributed by atoms with Crippen LogP contribution in [0.1, 0.15) is 48.8 Å². The van der Waals surface area contributed by atoms with Crippen LogP contribution >= 0.6 is 27.3 Å². The topological polar surface area (TPSA) is 35.2 Å². The van der Waals surface area contributed by atoms with Gasteiger partial charge in [-0.3, -0.25) is 0 Å². The lowest BCUT2D eigenvalue weighted by atomic mass is 10.0. The zero-order chi connectivity index (χ0) is 15.6. The predicted octanol–water partition coefficient (Wildman–Crippen LogP) is 5.41. The lowest BCUT2D eigenvalue weighted by molar-refractivity contribution is 0.181. The minimum absolute atomic E-state index is 0.0731. The van der Waals surface area contributed by atoms with Crippen LogP contribution in [-0.4, -0.2) is 6.04 Å². The summed E-state index contributed by atoms with van der Waals surface area (Å²) in [5.74, 6) is 1.36. The lowest BCUT2D eigenvalue weighted by Gasteiger charge is -2.24. The minimum atomic E-state index is -0.124. The Morgan fingerprint density at radius 1 is 1.19 bits per heavy atom. The van der Waals surface area contributed by atoms with Crippen molar-refractivity contribution < 1.29 is 4.74 Å². The van der Waals surface area contributed by atoms with Crippen LogP contribution in [0.15, 0.2) is 34.1 Å². The van der Waals surface area contributed by atoms with E-state index in [4.69, 9.17) is 10.5 Å². The van der Waals surface area contributed by atoms with Crippen LogP contribution in [0.5, 0.6) is 5.75 Å². The number of halogens is 1. The van der Waals surface area contributed by atoms with Gasteiger partial charge in [0.25, 0.3) is 0 Å². The fourth-order valence-corrected chi connectivity index (χ4v) is 3.85. The number of aryl methyl sites for hydroxylation is 1. The zero-order valence-electron chi connectivity index (χ0n) is 12.9. The average molecular weight is 368 g/mol. The van der Waals surface area contributed by atoms with E-state index in [1.54, 1.807) is 11.3 Å². The van der Waals surface area contributed by atoms with Crippen molar-refractivity contribution in [2.45, 2.75) is 45.8 Å². The normalized spacial score (nSPS) is 14.2. The van der Waals surface area contributed by atoms with Crippen molar-refractivity contribution in [3.8, 4) is 5.75 Å². The van der Waals surface area contributed by atoms with Crippen LogP contribution in [0.25, 0.3) is 0 Å². The molecule has 0 aliphatic rings. The molecule has 2 aromatic rings. The van der Waals surface area contributed by atoms with Gasteiger partial charge in [-0.2, -0.15) is 0 Å². The Labute approximate surface area is 139 Å². The van der Waals surface area contributed by atoms with Gasteiger partial charge in [0.05, 0.1) is 0 Å². The Morgan fingerprint density at radius 2 is 1.90 bits per heavy atom. The first-order valence-electron chi connectivity index (χ1n) is 7.15. The molecule has 0 aliphatic heterocycles. The molecule has 21 heavy (non-hydrogen) atoms. The number of hydrogen-bond acceptors (Lipinski definition) is 3. The zero-order valence-corrected chi connectivity index (χ0v) is 15.3. The second-order valence-electron chi connectivity index (χ2n) is 5.76. The summed E-state index contributed by atoms with van der Waals surface area (Å²) in [5.41, 5.74) is 8.58. The lowest BCUT2D eigenvalue weighted by Crippen LogP contribution is -2.28. The molecule has 0 saturated heterocycles. The van der Waals surface area contributed by atoms with Crippen LogP contribution in [-0.2, 0) is 0 Å². The first-order valence-corrected chi connectivity index (χ1v) is 8.82. The second-order valence-corrected chi connectivity index (χ2v) is 7.62. The molecule has 0 radical (unpaired) electrons. The predicted molar refractivity (Wildman–Crippen MR) is 94.3 cm³/mol. The molecule has 1 aromatic heterocycles. The summed E-state index contributed by atoms with van der Waals surface area (Å²) in [6, 6.07) is 8.40. The summed E-state index contributed by atoms with van der Waals surface area (Å²) in [6.45, 7) is 8.43. The first-order chi connectivity index (χ1) is 9.88. The standard InChI is InChI=1S/C17H22BrNOS/c1-10(2)14-6-5-11(3)7-15(14)20-17(12(4)19)16-8-13(18)9-21-16/h5-10,12,17H,19H2,1-4H3. The molecule has 1 heterocycles. The van der Waals surface area contributed by atoms with E-state index < -0.39 is 0 Å². The molecular weight excluding hydrogens is 346 g/mol. The Morgan fingerprint density at radius 3 is 2.43 bits per heavy atom. The highest BCUT2D eigenvalue weighted by atomic mass is 79.9. The third-order valence-corrected chi connectivity index (χ3v) is 5.15. The number of ether oxygens (including phenoxy) is 1. The number of hydrogen-bond donors (Lipinski definition) is 1. The van der Waals surface area contributed by atoms with Crippen molar-refractivity contribution in [1.29, 1.82) is 0 Å². The molecule has 114 valence electrons. The van der Waals surface area contributed by atoms with Crippen LogP contribution in [0, 0.1) is 6.92 Å². The van der Waals surface area contributed by atoms with Gasteiger partial charge in [-0.15, -0.1) is 11.3 Å². The molecule has 2 nitrogen and oxygen atoms in total.